The topological polar surface area (TPSA) is 15.3 Å². The summed E-state index contributed by atoms with van der Waals surface area (Å²) in [5, 5.41) is 5.94. The van der Waals surface area contributed by atoms with Gasteiger partial charge in [-0.05, 0) is 50.1 Å². The smallest absolute Gasteiger partial charge is 0.0125 e. The average Bonchev–Trinajstić information content (AvgIpc) is 3.00. The molecule has 2 aliphatic rings. The number of hydrogen-bond acceptors (Lipinski definition) is 3. The van der Waals surface area contributed by atoms with E-state index in [9.17, 15) is 0 Å². The van der Waals surface area contributed by atoms with Crippen molar-refractivity contribution in [2.75, 3.05) is 13.1 Å². The van der Waals surface area contributed by atoms with Crippen LogP contribution >= 0.6 is 11.3 Å². The molecule has 0 aliphatic carbocycles. The molecular weight excluding hydrogens is 240 g/mol. The Hall–Kier alpha value is -0.380. The quantitative estimate of drug-likeness (QED) is 0.880. The summed E-state index contributed by atoms with van der Waals surface area (Å²) in [6.45, 7) is 4.76. The summed E-state index contributed by atoms with van der Waals surface area (Å²) in [6, 6.07) is 6.88. The molecule has 1 aromatic rings. The Labute approximate surface area is 114 Å². The van der Waals surface area contributed by atoms with E-state index in [0.717, 1.165) is 18.1 Å². The largest absolute Gasteiger partial charge is 0.311 e. The summed E-state index contributed by atoms with van der Waals surface area (Å²) in [7, 11) is 0. The molecule has 3 heterocycles. The first-order chi connectivity index (χ1) is 8.85. The summed E-state index contributed by atoms with van der Waals surface area (Å²) < 4.78 is 0. The maximum Gasteiger partial charge on any atom is 0.0125 e. The third-order valence-electron chi connectivity index (χ3n) is 4.60. The second-order valence-corrected chi connectivity index (χ2v) is 6.75. The normalized spacial score (nSPS) is 31.1. The number of rotatable bonds is 5. The second-order valence-electron chi connectivity index (χ2n) is 5.72. The van der Waals surface area contributed by atoms with Crippen LogP contribution in [-0.2, 0) is 6.42 Å². The summed E-state index contributed by atoms with van der Waals surface area (Å²) in [5.41, 5.74) is 0. The summed E-state index contributed by atoms with van der Waals surface area (Å²) in [6.07, 6.45) is 6.78. The zero-order valence-electron chi connectivity index (χ0n) is 11.3. The molecule has 3 rings (SSSR count). The van der Waals surface area contributed by atoms with E-state index < -0.39 is 0 Å². The minimum atomic E-state index is 0.810. The van der Waals surface area contributed by atoms with Crippen molar-refractivity contribution in [1.82, 2.24) is 10.2 Å². The van der Waals surface area contributed by atoms with Crippen LogP contribution in [0, 0.1) is 0 Å². The molecule has 0 aromatic carbocycles. The maximum absolute atomic E-state index is 3.74. The van der Waals surface area contributed by atoms with Gasteiger partial charge in [0, 0.05) is 29.5 Å². The van der Waals surface area contributed by atoms with Gasteiger partial charge >= 0.3 is 0 Å². The van der Waals surface area contributed by atoms with Crippen molar-refractivity contribution in [1.29, 1.82) is 0 Å². The Kier molecular flexibility index (Phi) is 4.02. The molecule has 2 fully saturated rings. The van der Waals surface area contributed by atoms with Crippen LogP contribution in [0.5, 0.6) is 0 Å². The van der Waals surface area contributed by atoms with Gasteiger partial charge < -0.3 is 10.2 Å². The highest BCUT2D eigenvalue weighted by molar-refractivity contribution is 7.09. The van der Waals surface area contributed by atoms with Gasteiger partial charge in [-0.3, -0.25) is 0 Å². The molecule has 2 unspecified atom stereocenters. The molecule has 2 aliphatic heterocycles. The maximum atomic E-state index is 3.74. The predicted molar refractivity (Wildman–Crippen MR) is 78.2 cm³/mol. The van der Waals surface area contributed by atoms with Crippen molar-refractivity contribution >= 4 is 11.3 Å². The van der Waals surface area contributed by atoms with E-state index >= 15 is 0 Å². The number of fused-ring (bicyclic) bond motifs is 2. The number of likely N-dealkylation sites (N-methyl/N-ethyl adjacent to an activating group) is 1. The van der Waals surface area contributed by atoms with Gasteiger partial charge in [-0.2, -0.15) is 0 Å². The molecule has 0 amide bonds. The lowest BCUT2D eigenvalue weighted by atomic mass is 9.98. The van der Waals surface area contributed by atoms with Crippen LogP contribution in [0.15, 0.2) is 17.5 Å². The highest BCUT2D eigenvalue weighted by Crippen LogP contribution is 2.29. The van der Waals surface area contributed by atoms with Crippen LogP contribution < -0.4 is 5.32 Å². The fraction of sp³-hybridized carbons (Fsp3) is 0.733. The zero-order chi connectivity index (χ0) is 12.4. The molecule has 2 nitrogen and oxygen atoms in total. The third kappa shape index (κ3) is 2.79. The first-order valence-corrected chi connectivity index (χ1v) is 8.25. The van der Waals surface area contributed by atoms with Gasteiger partial charge in [-0.25, -0.2) is 0 Å². The minimum Gasteiger partial charge on any atom is -0.311 e. The number of thiophene rings is 1. The number of nitrogens with one attached hydrogen (secondary N) is 1. The van der Waals surface area contributed by atoms with Crippen LogP contribution in [0.25, 0.3) is 0 Å². The molecule has 3 heteroatoms. The molecule has 100 valence electrons. The molecule has 2 bridgehead atoms. The van der Waals surface area contributed by atoms with E-state index in [1.165, 1.54) is 50.1 Å². The Morgan fingerprint density at radius 3 is 2.72 bits per heavy atom. The number of hydrogen-bond donors (Lipinski definition) is 1. The van der Waals surface area contributed by atoms with Crippen LogP contribution in [0.1, 0.15) is 37.5 Å². The molecule has 2 saturated heterocycles. The van der Waals surface area contributed by atoms with Crippen molar-refractivity contribution in [2.45, 2.75) is 57.2 Å². The van der Waals surface area contributed by atoms with Gasteiger partial charge in [0.2, 0.25) is 0 Å². The summed E-state index contributed by atoms with van der Waals surface area (Å²) >= 11 is 1.90. The minimum absolute atomic E-state index is 0.810. The van der Waals surface area contributed by atoms with Gasteiger partial charge in [-0.15, -0.1) is 11.3 Å². The highest BCUT2D eigenvalue weighted by Gasteiger charge is 2.35. The Balaban J connectivity index is 1.55. The first kappa shape index (κ1) is 12.6. The molecule has 18 heavy (non-hydrogen) atoms. The number of nitrogens with zero attached hydrogens (tertiary/aromatic N) is 1. The molecule has 1 aromatic heterocycles. The van der Waals surface area contributed by atoms with Crippen molar-refractivity contribution in [3.05, 3.63) is 22.4 Å². The Morgan fingerprint density at radius 1 is 1.33 bits per heavy atom. The SMILES string of the molecule is CCN(CCc1cccs1)C1CC2CCC(C1)N2. The lowest BCUT2D eigenvalue weighted by molar-refractivity contribution is 0.150. The van der Waals surface area contributed by atoms with E-state index in [2.05, 4.69) is 34.7 Å². The van der Waals surface area contributed by atoms with Crippen molar-refractivity contribution in [3.8, 4) is 0 Å². The van der Waals surface area contributed by atoms with E-state index in [1.807, 2.05) is 11.3 Å². The fourth-order valence-electron chi connectivity index (χ4n) is 3.63. The molecular formula is C15H24N2S. The van der Waals surface area contributed by atoms with Crippen molar-refractivity contribution < 1.29 is 0 Å². The Bertz CT molecular complexity index is 351. The summed E-state index contributed by atoms with van der Waals surface area (Å²) in [5.74, 6) is 0. The van der Waals surface area contributed by atoms with E-state index in [0.29, 0.717) is 0 Å². The van der Waals surface area contributed by atoms with Crippen molar-refractivity contribution in [3.63, 3.8) is 0 Å². The van der Waals surface area contributed by atoms with Crippen LogP contribution in [0.4, 0.5) is 0 Å². The number of piperidine rings is 1. The third-order valence-corrected chi connectivity index (χ3v) is 5.53. The second kappa shape index (κ2) is 5.72. The Morgan fingerprint density at radius 2 is 2.11 bits per heavy atom. The van der Waals surface area contributed by atoms with Crippen LogP contribution in [0.3, 0.4) is 0 Å². The van der Waals surface area contributed by atoms with Gasteiger partial charge in [0.1, 0.15) is 0 Å². The standard InChI is InChI=1S/C15H24N2S/c1-2-17(8-7-15-4-3-9-18-15)14-10-12-5-6-13(11-14)16-12/h3-4,9,12-14,16H,2,5-8,10-11H2,1H3. The van der Waals surface area contributed by atoms with Crippen LogP contribution in [0.2, 0.25) is 0 Å². The average molecular weight is 264 g/mol. The predicted octanol–water partition coefficient (Wildman–Crippen LogP) is 2.90. The van der Waals surface area contributed by atoms with Gasteiger partial charge in [0.25, 0.3) is 0 Å². The monoisotopic (exact) mass is 264 g/mol. The molecule has 0 saturated carbocycles. The molecule has 0 spiro atoms. The van der Waals surface area contributed by atoms with Gasteiger partial charge in [0.15, 0.2) is 0 Å². The van der Waals surface area contributed by atoms with Crippen molar-refractivity contribution in [2.24, 2.45) is 0 Å². The summed E-state index contributed by atoms with van der Waals surface area (Å²) in [4.78, 5) is 4.25. The van der Waals surface area contributed by atoms with E-state index in [1.54, 1.807) is 0 Å². The van der Waals surface area contributed by atoms with Gasteiger partial charge in [0.05, 0.1) is 0 Å². The van der Waals surface area contributed by atoms with E-state index in [4.69, 9.17) is 0 Å². The van der Waals surface area contributed by atoms with E-state index in [-0.39, 0.29) is 0 Å². The molecule has 0 radical (unpaired) electrons. The first-order valence-electron chi connectivity index (χ1n) is 7.37. The lowest BCUT2D eigenvalue weighted by Crippen LogP contribution is -2.48. The molecule has 2 atom stereocenters. The fourth-order valence-corrected chi connectivity index (χ4v) is 4.33. The van der Waals surface area contributed by atoms with Crippen LogP contribution in [-0.4, -0.2) is 36.1 Å². The lowest BCUT2D eigenvalue weighted by Gasteiger charge is -2.37. The zero-order valence-corrected chi connectivity index (χ0v) is 12.1. The highest BCUT2D eigenvalue weighted by atomic mass is 32.1. The molecule has 1 N–H and O–H groups in total. The van der Waals surface area contributed by atoms with Gasteiger partial charge in [-0.1, -0.05) is 13.0 Å².